The molecule has 1 aliphatic rings. The van der Waals surface area contributed by atoms with Gasteiger partial charge in [-0.3, -0.25) is 4.79 Å². The number of anilines is 1. The maximum absolute atomic E-state index is 12.7. The Morgan fingerprint density at radius 1 is 1.22 bits per heavy atom. The molecule has 140 valence electrons. The number of hydrogen-bond acceptors (Lipinski definition) is 3. The zero-order chi connectivity index (χ0) is 18.8. The SMILES string of the molecule is Cc1cccc(CNC(=O)[C@@H]2CCCN(c3nc4ccc(C)cc4[nH]3)C2)c1. The number of H-pyrrole nitrogens is 1. The average molecular weight is 362 g/mol. The fourth-order valence-corrected chi connectivity index (χ4v) is 3.80. The molecule has 0 saturated carbocycles. The molecule has 2 heterocycles. The van der Waals surface area contributed by atoms with Gasteiger partial charge in [-0.2, -0.15) is 0 Å². The van der Waals surface area contributed by atoms with Crippen molar-refractivity contribution in [2.24, 2.45) is 5.92 Å². The first-order valence-electron chi connectivity index (χ1n) is 9.63. The molecule has 1 saturated heterocycles. The van der Waals surface area contributed by atoms with E-state index in [2.05, 4.69) is 59.4 Å². The molecular formula is C22H26N4O. The van der Waals surface area contributed by atoms with Gasteiger partial charge >= 0.3 is 0 Å². The normalized spacial score (nSPS) is 17.3. The number of nitrogens with one attached hydrogen (secondary N) is 2. The number of nitrogens with zero attached hydrogens (tertiary/aromatic N) is 2. The topological polar surface area (TPSA) is 61.0 Å². The molecule has 1 fully saturated rings. The first-order valence-corrected chi connectivity index (χ1v) is 9.63. The summed E-state index contributed by atoms with van der Waals surface area (Å²) in [5.41, 5.74) is 5.59. The molecule has 27 heavy (non-hydrogen) atoms. The van der Waals surface area contributed by atoms with Crippen molar-refractivity contribution in [3.05, 3.63) is 59.2 Å². The van der Waals surface area contributed by atoms with Gasteiger partial charge in [-0.05, 0) is 49.9 Å². The van der Waals surface area contributed by atoms with Crippen LogP contribution >= 0.6 is 0 Å². The summed E-state index contributed by atoms with van der Waals surface area (Å²) in [6.07, 6.45) is 1.92. The van der Waals surface area contributed by atoms with Crippen molar-refractivity contribution >= 4 is 22.9 Å². The number of hydrogen-bond donors (Lipinski definition) is 2. The standard InChI is InChI=1S/C22H26N4O/c1-15-5-3-6-17(11-15)13-23-21(27)18-7-4-10-26(14-18)22-24-19-9-8-16(2)12-20(19)25-22/h3,5-6,8-9,11-12,18H,4,7,10,13-14H2,1-2H3,(H,23,27)(H,24,25)/t18-/m1/s1. The highest BCUT2D eigenvalue weighted by molar-refractivity contribution is 5.80. The number of carbonyl (C=O) groups is 1. The van der Waals surface area contributed by atoms with Crippen LogP contribution in [0.4, 0.5) is 5.95 Å². The Kier molecular flexibility index (Phi) is 4.84. The van der Waals surface area contributed by atoms with E-state index in [4.69, 9.17) is 4.98 Å². The van der Waals surface area contributed by atoms with Crippen LogP contribution in [0.3, 0.4) is 0 Å². The highest BCUT2D eigenvalue weighted by Crippen LogP contribution is 2.24. The smallest absolute Gasteiger partial charge is 0.225 e. The number of piperidine rings is 1. The zero-order valence-corrected chi connectivity index (χ0v) is 16.0. The Balaban J connectivity index is 1.41. The fourth-order valence-electron chi connectivity index (χ4n) is 3.80. The van der Waals surface area contributed by atoms with E-state index in [1.54, 1.807) is 0 Å². The van der Waals surface area contributed by atoms with Crippen LogP contribution in [0.5, 0.6) is 0 Å². The lowest BCUT2D eigenvalue weighted by molar-refractivity contribution is -0.125. The minimum atomic E-state index is -0.00138. The Labute approximate surface area is 159 Å². The van der Waals surface area contributed by atoms with Crippen LogP contribution in [0.15, 0.2) is 42.5 Å². The molecule has 1 atom stereocenters. The highest BCUT2D eigenvalue weighted by atomic mass is 16.1. The first-order chi connectivity index (χ1) is 13.1. The molecule has 2 N–H and O–H groups in total. The van der Waals surface area contributed by atoms with Crippen LogP contribution in [0, 0.1) is 19.8 Å². The van der Waals surface area contributed by atoms with Crippen molar-refractivity contribution in [3.63, 3.8) is 0 Å². The summed E-state index contributed by atoms with van der Waals surface area (Å²) in [4.78, 5) is 23.0. The monoisotopic (exact) mass is 362 g/mol. The molecule has 0 radical (unpaired) electrons. The molecule has 0 bridgehead atoms. The Morgan fingerprint density at radius 3 is 2.93 bits per heavy atom. The van der Waals surface area contributed by atoms with Gasteiger partial charge < -0.3 is 15.2 Å². The number of rotatable bonds is 4. The van der Waals surface area contributed by atoms with Crippen molar-refractivity contribution in [2.45, 2.75) is 33.2 Å². The summed E-state index contributed by atoms with van der Waals surface area (Å²) in [7, 11) is 0. The second kappa shape index (κ2) is 7.43. The molecule has 3 aromatic rings. The predicted octanol–water partition coefficient (Wildman–Crippen LogP) is 3.71. The summed E-state index contributed by atoms with van der Waals surface area (Å²) < 4.78 is 0. The van der Waals surface area contributed by atoms with Gasteiger partial charge in [-0.15, -0.1) is 0 Å². The zero-order valence-electron chi connectivity index (χ0n) is 16.0. The minimum Gasteiger partial charge on any atom is -0.352 e. The molecule has 0 aliphatic carbocycles. The van der Waals surface area contributed by atoms with Crippen molar-refractivity contribution in [1.29, 1.82) is 0 Å². The van der Waals surface area contributed by atoms with Crippen LogP contribution in [0.2, 0.25) is 0 Å². The number of aromatic nitrogens is 2. The van der Waals surface area contributed by atoms with Gasteiger partial charge in [0.05, 0.1) is 17.0 Å². The molecule has 1 amide bonds. The molecule has 1 aliphatic heterocycles. The molecule has 2 aromatic carbocycles. The van der Waals surface area contributed by atoms with E-state index in [-0.39, 0.29) is 11.8 Å². The number of fused-ring (bicyclic) bond motifs is 1. The molecule has 1 aromatic heterocycles. The van der Waals surface area contributed by atoms with Gasteiger partial charge in [0, 0.05) is 19.6 Å². The summed E-state index contributed by atoms with van der Waals surface area (Å²) in [6, 6.07) is 14.5. The number of benzene rings is 2. The predicted molar refractivity (Wildman–Crippen MR) is 109 cm³/mol. The third-order valence-corrected chi connectivity index (χ3v) is 5.27. The van der Waals surface area contributed by atoms with Crippen LogP contribution in [-0.4, -0.2) is 29.0 Å². The lowest BCUT2D eigenvalue weighted by Gasteiger charge is -2.31. The van der Waals surface area contributed by atoms with Gasteiger partial charge in [0.1, 0.15) is 0 Å². The summed E-state index contributed by atoms with van der Waals surface area (Å²) in [5.74, 6) is 0.999. The largest absolute Gasteiger partial charge is 0.352 e. The van der Waals surface area contributed by atoms with Crippen LogP contribution in [0.25, 0.3) is 11.0 Å². The van der Waals surface area contributed by atoms with Gasteiger partial charge in [0.2, 0.25) is 11.9 Å². The number of amides is 1. The van der Waals surface area contributed by atoms with Crippen molar-refractivity contribution in [2.75, 3.05) is 18.0 Å². The summed E-state index contributed by atoms with van der Waals surface area (Å²) >= 11 is 0. The minimum absolute atomic E-state index is 0.00138. The van der Waals surface area contributed by atoms with Gasteiger partial charge in [-0.25, -0.2) is 4.98 Å². The highest BCUT2D eigenvalue weighted by Gasteiger charge is 2.27. The Bertz CT molecular complexity index is 962. The summed E-state index contributed by atoms with van der Waals surface area (Å²) in [6.45, 7) is 6.37. The number of carbonyl (C=O) groups excluding carboxylic acids is 1. The maximum Gasteiger partial charge on any atom is 0.225 e. The van der Waals surface area contributed by atoms with Crippen LogP contribution < -0.4 is 10.2 Å². The quantitative estimate of drug-likeness (QED) is 0.744. The second-order valence-corrected chi connectivity index (χ2v) is 7.57. The lowest BCUT2D eigenvalue weighted by Crippen LogP contribution is -2.43. The van der Waals surface area contributed by atoms with Crippen molar-refractivity contribution in [1.82, 2.24) is 15.3 Å². The lowest BCUT2D eigenvalue weighted by atomic mass is 9.97. The molecule has 5 heteroatoms. The van der Waals surface area contributed by atoms with Gasteiger partial charge in [0.15, 0.2) is 0 Å². The fraction of sp³-hybridized carbons (Fsp3) is 0.364. The van der Waals surface area contributed by atoms with Crippen molar-refractivity contribution < 1.29 is 4.79 Å². The number of aryl methyl sites for hydroxylation is 2. The molecule has 5 nitrogen and oxygen atoms in total. The second-order valence-electron chi connectivity index (χ2n) is 7.57. The van der Waals surface area contributed by atoms with E-state index in [1.165, 1.54) is 11.1 Å². The molecular weight excluding hydrogens is 336 g/mol. The third kappa shape index (κ3) is 3.97. The Morgan fingerprint density at radius 2 is 2.07 bits per heavy atom. The van der Waals surface area contributed by atoms with Gasteiger partial charge in [0.25, 0.3) is 0 Å². The van der Waals surface area contributed by atoms with Crippen molar-refractivity contribution in [3.8, 4) is 0 Å². The van der Waals surface area contributed by atoms with E-state index >= 15 is 0 Å². The number of aromatic amines is 1. The van der Waals surface area contributed by atoms with Crippen LogP contribution in [0.1, 0.15) is 29.5 Å². The number of imidazole rings is 1. The Hall–Kier alpha value is -2.82. The average Bonchev–Trinajstić information content (AvgIpc) is 3.09. The molecule has 4 rings (SSSR count). The van der Waals surface area contributed by atoms with Gasteiger partial charge in [-0.1, -0.05) is 35.9 Å². The summed E-state index contributed by atoms with van der Waals surface area (Å²) in [5, 5.41) is 3.11. The first kappa shape index (κ1) is 17.6. The third-order valence-electron chi connectivity index (χ3n) is 5.27. The maximum atomic E-state index is 12.7. The molecule has 0 spiro atoms. The van der Waals surface area contributed by atoms with E-state index in [9.17, 15) is 4.79 Å². The van der Waals surface area contributed by atoms with E-state index in [0.717, 1.165) is 41.9 Å². The van der Waals surface area contributed by atoms with E-state index < -0.39 is 0 Å². The van der Waals surface area contributed by atoms with Crippen LogP contribution in [-0.2, 0) is 11.3 Å². The van der Waals surface area contributed by atoms with E-state index in [1.807, 2.05) is 12.1 Å². The molecule has 0 unspecified atom stereocenters. The van der Waals surface area contributed by atoms with E-state index in [0.29, 0.717) is 13.1 Å².